The molecule has 190 valence electrons. The molecule has 0 saturated carbocycles. The lowest BCUT2D eigenvalue weighted by molar-refractivity contribution is -0.131. The molecule has 3 aromatic carbocycles. The number of halogens is 1. The summed E-state index contributed by atoms with van der Waals surface area (Å²) in [4.78, 5) is 28.3. The Labute approximate surface area is 228 Å². The van der Waals surface area contributed by atoms with Crippen molar-refractivity contribution in [1.29, 1.82) is 0 Å². The van der Waals surface area contributed by atoms with Gasteiger partial charge in [0.15, 0.2) is 0 Å². The monoisotopic (exact) mass is 618 g/mol. The van der Waals surface area contributed by atoms with Crippen molar-refractivity contribution in [2.75, 3.05) is 24.7 Å². The molecule has 6 N–H and O–H groups in total. The molecule has 0 heterocycles. The van der Waals surface area contributed by atoms with Crippen LogP contribution in [0.2, 0.25) is 0 Å². The van der Waals surface area contributed by atoms with Crippen molar-refractivity contribution in [1.82, 2.24) is 4.90 Å². The highest BCUT2D eigenvalue weighted by atomic mass is 127. The van der Waals surface area contributed by atoms with E-state index in [1.807, 2.05) is 36.4 Å². The molecule has 3 rings (SSSR count). The zero-order valence-electron chi connectivity index (χ0n) is 20.3. The number of hydrogen-bond acceptors (Lipinski definition) is 6. The zero-order valence-corrected chi connectivity index (χ0v) is 23.3. The SMILES string of the molecule is CCc1cc([C@@H](Nc2cccc(C(N)=O)c2)C(=O)N(C)Cc2cc(N)ccc2SI)ccc1CCO. The lowest BCUT2D eigenvalue weighted by atomic mass is 9.95. The van der Waals surface area contributed by atoms with Crippen LogP contribution in [0.15, 0.2) is 65.6 Å². The molecular weight excluding hydrogens is 587 g/mol. The third-order valence-electron chi connectivity index (χ3n) is 5.98. The second-order valence-electron chi connectivity index (χ2n) is 8.52. The van der Waals surface area contributed by atoms with Crippen LogP contribution >= 0.6 is 30.1 Å². The number of rotatable bonds is 11. The van der Waals surface area contributed by atoms with Crippen LogP contribution in [0.5, 0.6) is 0 Å². The molecule has 0 fully saturated rings. The van der Waals surface area contributed by atoms with Gasteiger partial charge in [-0.05, 0) is 71.5 Å². The number of anilines is 2. The van der Waals surface area contributed by atoms with Crippen molar-refractivity contribution in [2.24, 2.45) is 5.73 Å². The first kappa shape index (κ1) is 27.8. The van der Waals surface area contributed by atoms with Crippen LogP contribution in [0.3, 0.4) is 0 Å². The molecule has 0 unspecified atom stereocenters. The fourth-order valence-corrected chi connectivity index (χ4v) is 5.72. The summed E-state index contributed by atoms with van der Waals surface area (Å²) in [5.41, 5.74) is 17.0. The van der Waals surface area contributed by atoms with Gasteiger partial charge in [-0.25, -0.2) is 0 Å². The normalized spacial score (nSPS) is 11.7. The number of amides is 2. The minimum absolute atomic E-state index is 0.0625. The Morgan fingerprint density at radius 1 is 1.08 bits per heavy atom. The van der Waals surface area contributed by atoms with E-state index >= 15 is 0 Å². The molecule has 36 heavy (non-hydrogen) atoms. The average Bonchev–Trinajstić information content (AvgIpc) is 2.87. The first-order valence-corrected chi connectivity index (χ1v) is 14.9. The predicted molar refractivity (Wildman–Crippen MR) is 155 cm³/mol. The lowest BCUT2D eigenvalue weighted by Gasteiger charge is -2.27. The van der Waals surface area contributed by atoms with Gasteiger partial charge in [-0.1, -0.05) is 40.1 Å². The Morgan fingerprint density at radius 3 is 2.53 bits per heavy atom. The number of aryl methyl sites for hydroxylation is 1. The Balaban J connectivity index is 1.99. The first-order chi connectivity index (χ1) is 17.3. The molecule has 2 amide bonds. The van der Waals surface area contributed by atoms with Crippen LogP contribution < -0.4 is 16.8 Å². The fraction of sp³-hybridized carbons (Fsp3) is 0.259. The first-order valence-electron chi connectivity index (χ1n) is 11.6. The van der Waals surface area contributed by atoms with Crippen LogP contribution in [0.1, 0.15) is 45.6 Å². The summed E-state index contributed by atoms with van der Waals surface area (Å²) in [6.07, 6.45) is 1.33. The van der Waals surface area contributed by atoms with E-state index in [0.29, 0.717) is 29.9 Å². The molecule has 0 aliphatic carbocycles. The number of nitrogens with zero attached hydrogens (tertiary/aromatic N) is 1. The van der Waals surface area contributed by atoms with Crippen LogP contribution in [-0.4, -0.2) is 35.5 Å². The molecule has 1 atom stereocenters. The van der Waals surface area contributed by atoms with Gasteiger partial charge in [0.25, 0.3) is 0 Å². The molecule has 0 aliphatic heterocycles. The van der Waals surface area contributed by atoms with E-state index in [0.717, 1.165) is 33.6 Å². The number of hydrogen-bond donors (Lipinski definition) is 4. The van der Waals surface area contributed by atoms with E-state index in [2.05, 4.69) is 33.4 Å². The van der Waals surface area contributed by atoms with Crippen molar-refractivity contribution in [2.45, 2.75) is 37.2 Å². The summed E-state index contributed by atoms with van der Waals surface area (Å²) < 4.78 is 0. The van der Waals surface area contributed by atoms with Gasteiger partial charge in [0.05, 0.1) is 0 Å². The third kappa shape index (κ3) is 6.92. The molecule has 0 saturated heterocycles. The van der Waals surface area contributed by atoms with Crippen molar-refractivity contribution in [3.8, 4) is 0 Å². The smallest absolute Gasteiger partial charge is 0.249 e. The molecule has 0 bridgehead atoms. The van der Waals surface area contributed by atoms with Gasteiger partial charge >= 0.3 is 0 Å². The van der Waals surface area contributed by atoms with Gasteiger partial charge in [0, 0.05) is 63.2 Å². The Bertz CT molecular complexity index is 1240. The molecule has 0 aromatic heterocycles. The number of likely N-dealkylation sites (N-methyl/N-ethyl adjacent to an activating group) is 1. The minimum Gasteiger partial charge on any atom is -0.399 e. The maximum atomic E-state index is 13.9. The number of aliphatic hydroxyl groups excluding tert-OH is 1. The maximum absolute atomic E-state index is 13.9. The van der Waals surface area contributed by atoms with Crippen molar-refractivity contribution < 1.29 is 14.7 Å². The van der Waals surface area contributed by atoms with Crippen LogP contribution in [0.4, 0.5) is 11.4 Å². The van der Waals surface area contributed by atoms with Crippen LogP contribution in [0.25, 0.3) is 0 Å². The quantitative estimate of drug-likeness (QED) is 0.182. The minimum atomic E-state index is -0.705. The maximum Gasteiger partial charge on any atom is 0.249 e. The van der Waals surface area contributed by atoms with Crippen molar-refractivity contribution in [3.05, 3.63) is 88.5 Å². The second-order valence-corrected chi connectivity index (χ2v) is 10.4. The number of benzene rings is 3. The highest BCUT2D eigenvalue weighted by Gasteiger charge is 2.26. The van der Waals surface area contributed by atoms with Crippen LogP contribution in [0, 0.1) is 0 Å². The Kier molecular flexibility index (Phi) is 10.0. The Morgan fingerprint density at radius 2 is 1.86 bits per heavy atom. The van der Waals surface area contributed by atoms with Gasteiger partial charge in [0.1, 0.15) is 6.04 Å². The number of aliphatic hydroxyl groups is 1. The summed E-state index contributed by atoms with van der Waals surface area (Å²) >= 11 is 2.22. The zero-order chi connectivity index (χ0) is 26.2. The van der Waals surface area contributed by atoms with E-state index < -0.39 is 11.9 Å². The summed E-state index contributed by atoms with van der Waals surface area (Å²) in [6, 6.07) is 17.7. The highest BCUT2D eigenvalue weighted by molar-refractivity contribution is 14.2. The van der Waals surface area contributed by atoms with Gasteiger partial charge < -0.3 is 26.8 Å². The van der Waals surface area contributed by atoms with Gasteiger partial charge in [-0.2, -0.15) is 0 Å². The summed E-state index contributed by atoms with van der Waals surface area (Å²) in [6.45, 7) is 2.50. The number of carbonyl (C=O) groups is 2. The second kappa shape index (κ2) is 13.0. The number of carbonyl (C=O) groups excluding carboxylic acids is 2. The number of nitrogens with two attached hydrogens (primary N) is 2. The van der Waals surface area contributed by atoms with E-state index in [-0.39, 0.29) is 12.5 Å². The standard InChI is InChI=1S/C27H31IN4O3S/c1-3-17-13-19(8-7-18(17)11-12-33)25(31-23-6-4-5-20(15-23)26(30)34)27(35)32(2)16-21-14-22(29)9-10-24(21)36-28/h4-10,13-15,25,31,33H,3,11-12,16,29H2,1-2H3,(H2,30,34)/t25-/m1/s1. The summed E-state index contributed by atoms with van der Waals surface area (Å²) in [7, 11) is 3.34. The van der Waals surface area contributed by atoms with E-state index in [9.17, 15) is 14.7 Å². The highest BCUT2D eigenvalue weighted by Crippen LogP contribution is 2.32. The Hall–Kier alpha value is -2.76. The molecular formula is C27H31IN4O3S. The largest absolute Gasteiger partial charge is 0.399 e. The van der Waals surface area contributed by atoms with Crippen molar-refractivity contribution >= 4 is 53.3 Å². The van der Waals surface area contributed by atoms with Gasteiger partial charge in [-0.15, -0.1) is 0 Å². The summed E-state index contributed by atoms with van der Waals surface area (Å²) in [5.74, 6) is -0.672. The van der Waals surface area contributed by atoms with E-state index in [1.54, 1.807) is 45.1 Å². The van der Waals surface area contributed by atoms with E-state index in [4.69, 9.17) is 11.5 Å². The van der Waals surface area contributed by atoms with Crippen molar-refractivity contribution in [3.63, 3.8) is 0 Å². The number of nitrogens with one attached hydrogen (secondary N) is 1. The third-order valence-corrected chi connectivity index (χ3v) is 7.97. The van der Waals surface area contributed by atoms with Gasteiger partial charge in [-0.3, -0.25) is 9.59 Å². The predicted octanol–water partition coefficient (Wildman–Crippen LogP) is 4.72. The number of nitrogen functional groups attached to an aromatic ring is 1. The van der Waals surface area contributed by atoms with E-state index in [1.165, 1.54) is 0 Å². The summed E-state index contributed by atoms with van der Waals surface area (Å²) in [5, 5.41) is 12.7. The molecule has 9 heteroatoms. The topological polar surface area (TPSA) is 122 Å². The molecule has 3 aromatic rings. The average molecular weight is 619 g/mol. The van der Waals surface area contributed by atoms with Crippen LogP contribution in [-0.2, 0) is 24.2 Å². The lowest BCUT2D eigenvalue weighted by Crippen LogP contribution is -2.35. The molecule has 0 aliphatic rings. The van der Waals surface area contributed by atoms with Gasteiger partial charge in [0.2, 0.25) is 11.8 Å². The molecule has 7 nitrogen and oxygen atoms in total. The fourth-order valence-electron chi connectivity index (χ4n) is 4.09. The molecule has 0 radical (unpaired) electrons. The molecule has 0 spiro atoms. The number of primary amides is 1.